The average molecular weight is 721 g/mol. The minimum Gasteiger partial charge on any atom is -0.468 e. The third-order valence-electron chi connectivity index (χ3n) is 9.70. The minimum absolute atomic E-state index is 0.0365. The molecule has 0 bridgehead atoms. The predicted molar refractivity (Wildman–Crippen MR) is 207 cm³/mol. The summed E-state index contributed by atoms with van der Waals surface area (Å²) in [7, 11) is -6.43. The Morgan fingerprint density at radius 1 is 0.667 bits per heavy atom. The van der Waals surface area contributed by atoms with Crippen LogP contribution in [0.15, 0.2) is 149 Å². The van der Waals surface area contributed by atoms with E-state index in [0.717, 1.165) is 31.4 Å². The summed E-state index contributed by atoms with van der Waals surface area (Å²) in [5.74, 6) is -1.07. The highest BCUT2D eigenvalue weighted by Crippen LogP contribution is 2.43. The molecule has 1 N–H and O–H groups in total. The zero-order valence-electron chi connectivity index (χ0n) is 29.9. The van der Waals surface area contributed by atoms with Crippen molar-refractivity contribution in [2.75, 3.05) is 6.61 Å². The molecular formula is C41H45FN2O5Si2. The molecule has 0 amide bonds. The quantitative estimate of drug-likeness (QED) is 0.192. The number of aromatic nitrogens is 2. The number of nitrogens with one attached hydrogen (secondary N) is 1. The van der Waals surface area contributed by atoms with Crippen molar-refractivity contribution >= 4 is 43.3 Å². The van der Waals surface area contributed by atoms with Crippen molar-refractivity contribution in [2.45, 2.75) is 63.8 Å². The number of rotatable bonds is 10. The van der Waals surface area contributed by atoms with E-state index in [1.807, 2.05) is 97.1 Å². The number of ether oxygens (including phenoxy) is 1. The monoisotopic (exact) mass is 720 g/mol. The summed E-state index contributed by atoms with van der Waals surface area (Å²) >= 11 is 0. The smallest absolute Gasteiger partial charge is 0.335 e. The van der Waals surface area contributed by atoms with Crippen LogP contribution in [-0.4, -0.2) is 45.0 Å². The minimum atomic E-state index is -3.33. The Labute approximate surface area is 300 Å². The van der Waals surface area contributed by atoms with Crippen LogP contribution in [0.4, 0.5) is 4.39 Å². The number of H-pyrrole nitrogens is 1. The Morgan fingerprint density at radius 3 is 1.47 bits per heavy atom. The Bertz CT molecular complexity index is 2010. The second-order valence-corrected chi connectivity index (χ2v) is 23.5. The van der Waals surface area contributed by atoms with Crippen LogP contribution in [0.1, 0.15) is 41.5 Å². The van der Waals surface area contributed by atoms with E-state index < -0.39 is 51.0 Å². The molecular weight excluding hydrogens is 676 g/mol. The van der Waals surface area contributed by atoms with Crippen molar-refractivity contribution in [1.29, 1.82) is 0 Å². The topological polar surface area (TPSA) is 82.5 Å². The molecule has 264 valence electrons. The van der Waals surface area contributed by atoms with Gasteiger partial charge in [-0.1, -0.05) is 163 Å². The molecule has 5 aromatic rings. The summed E-state index contributed by atoms with van der Waals surface area (Å²) in [5.41, 5.74) is -1.41. The Hall–Kier alpha value is -4.62. The first-order valence-corrected chi connectivity index (χ1v) is 21.0. The van der Waals surface area contributed by atoms with Crippen molar-refractivity contribution in [3.05, 3.63) is 160 Å². The number of halogens is 1. The van der Waals surface area contributed by atoms with Crippen molar-refractivity contribution in [3.63, 3.8) is 0 Å². The van der Waals surface area contributed by atoms with E-state index in [-0.39, 0.29) is 17.5 Å². The maximum atomic E-state index is 17.3. The zero-order chi connectivity index (χ0) is 36.4. The summed E-state index contributed by atoms with van der Waals surface area (Å²) < 4.78 is 39.4. The number of nitrogens with zero attached hydrogens (tertiary/aromatic N) is 1. The molecule has 0 fully saturated rings. The molecule has 51 heavy (non-hydrogen) atoms. The molecule has 4 aromatic carbocycles. The van der Waals surface area contributed by atoms with E-state index in [1.165, 1.54) is 6.20 Å². The lowest BCUT2D eigenvalue weighted by molar-refractivity contribution is 0.0300. The van der Waals surface area contributed by atoms with Crippen LogP contribution in [0.25, 0.3) is 5.88 Å². The molecule has 0 spiro atoms. The maximum Gasteiger partial charge on any atom is 0.335 e. The molecule has 0 saturated carbocycles. The summed E-state index contributed by atoms with van der Waals surface area (Å²) in [5, 5.41) is 3.24. The molecule has 10 heteroatoms. The molecule has 0 aliphatic carbocycles. The van der Waals surface area contributed by atoms with Gasteiger partial charge in [0, 0.05) is 12.3 Å². The molecule has 7 nitrogen and oxygen atoms in total. The van der Waals surface area contributed by atoms with Crippen LogP contribution >= 0.6 is 0 Å². The standard InChI is InChI=1S/C41H45FN2O5Si2/c1-40(2,3)50(30-19-11-7-12-20-30,31-21-13-8-14-22-31)47-29-34-37(36(42)38(48-34)44-28-27-35(45)43-39(44)46)49-51(41(4,5)6,32-23-15-9-16-24-32)33-25-17-10-18-26-33/h7-28,34,37H,29H2,1-6H3,(H,43,45,46)/t34-,37-/m1/s1. The first kappa shape index (κ1) is 36.2. The normalized spacial score (nSPS) is 17.0. The fraction of sp³-hybridized carbons (Fsp3) is 0.268. The Balaban J connectivity index is 1.53. The van der Waals surface area contributed by atoms with Gasteiger partial charge in [-0.2, -0.15) is 0 Å². The molecule has 1 aliphatic rings. The van der Waals surface area contributed by atoms with E-state index in [4.69, 9.17) is 13.6 Å². The van der Waals surface area contributed by atoms with Crippen LogP contribution < -0.4 is 32.0 Å². The third-order valence-corrected chi connectivity index (χ3v) is 19.7. The Kier molecular flexibility index (Phi) is 10.1. The maximum absolute atomic E-state index is 17.3. The lowest BCUT2D eigenvalue weighted by Crippen LogP contribution is -2.69. The van der Waals surface area contributed by atoms with E-state index in [0.29, 0.717) is 0 Å². The van der Waals surface area contributed by atoms with Gasteiger partial charge in [0.15, 0.2) is 11.9 Å². The molecule has 2 atom stereocenters. The van der Waals surface area contributed by atoms with Gasteiger partial charge >= 0.3 is 5.69 Å². The van der Waals surface area contributed by atoms with Gasteiger partial charge in [-0.05, 0) is 30.8 Å². The van der Waals surface area contributed by atoms with Crippen LogP contribution in [0.3, 0.4) is 0 Å². The number of hydrogen-bond acceptors (Lipinski definition) is 5. The van der Waals surface area contributed by atoms with Gasteiger partial charge in [0.25, 0.3) is 22.2 Å². The van der Waals surface area contributed by atoms with E-state index >= 15 is 4.39 Å². The van der Waals surface area contributed by atoms with E-state index in [9.17, 15) is 9.59 Å². The molecule has 1 aliphatic heterocycles. The van der Waals surface area contributed by atoms with Crippen LogP contribution in [0, 0.1) is 0 Å². The number of hydrogen-bond donors (Lipinski definition) is 1. The zero-order valence-corrected chi connectivity index (χ0v) is 31.9. The molecule has 6 rings (SSSR count). The largest absolute Gasteiger partial charge is 0.468 e. The summed E-state index contributed by atoms with van der Waals surface area (Å²) in [4.78, 5) is 27.3. The van der Waals surface area contributed by atoms with E-state index in [2.05, 4.69) is 70.8 Å². The second-order valence-electron chi connectivity index (χ2n) is 15.0. The Morgan fingerprint density at radius 2 is 1.08 bits per heavy atom. The van der Waals surface area contributed by atoms with Gasteiger partial charge in [-0.3, -0.25) is 9.78 Å². The van der Waals surface area contributed by atoms with Crippen molar-refractivity contribution in [3.8, 4) is 0 Å². The fourth-order valence-corrected chi connectivity index (χ4v) is 16.6. The van der Waals surface area contributed by atoms with Gasteiger partial charge in [-0.15, -0.1) is 0 Å². The van der Waals surface area contributed by atoms with Gasteiger partial charge in [0.2, 0.25) is 5.88 Å². The number of aromatic amines is 1. The molecule has 0 saturated heterocycles. The van der Waals surface area contributed by atoms with Crippen LogP contribution in [-0.2, 0) is 13.6 Å². The molecule has 2 heterocycles. The highest BCUT2D eigenvalue weighted by Gasteiger charge is 2.56. The summed E-state index contributed by atoms with van der Waals surface area (Å²) in [6, 6.07) is 41.6. The molecule has 1 aromatic heterocycles. The van der Waals surface area contributed by atoms with Gasteiger partial charge in [-0.25, -0.2) is 13.8 Å². The van der Waals surface area contributed by atoms with Crippen LogP contribution in [0.5, 0.6) is 0 Å². The molecule has 0 radical (unpaired) electrons. The van der Waals surface area contributed by atoms with E-state index in [1.54, 1.807) is 0 Å². The van der Waals surface area contributed by atoms with Crippen molar-refractivity contribution in [2.24, 2.45) is 0 Å². The first-order valence-electron chi connectivity index (χ1n) is 17.2. The molecule has 0 unspecified atom stereocenters. The lowest BCUT2D eigenvalue weighted by atomic mass is 10.2. The van der Waals surface area contributed by atoms with Gasteiger partial charge in [0.05, 0.1) is 6.61 Å². The summed E-state index contributed by atoms with van der Waals surface area (Å²) in [6.07, 6.45) is -1.01. The fourth-order valence-electron chi connectivity index (χ4n) is 7.39. The van der Waals surface area contributed by atoms with Crippen molar-refractivity contribution < 1.29 is 18.0 Å². The first-order chi connectivity index (χ1) is 24.3. The summed E-state index contributed by atoms with van der Waals surface area (Å²) in [6.45, 7) is 12.9. The number of benzene rings is 4. The lowest BCUT2D eigenvalue weighted by Gasteiger charge is -2.46. The van der Waals surface area contributed by atoms with Crippen LogP contribution in [0.2, 0.25) is 10.1 Å². The van der Waals surface area contributed by atoms with Gasteiger partial charge < -0.3 is 13.6 Å². The van der Waals surface area contributed by atoms with Crippen molar-refractivity contribution in [1.82, 2.24) is 9.55 Å². The SMILES string of the molecule is CC(C)(C)[Si](OC[C@H]1OC(n2ccc(=O)[nH]c2=O)=C(F)[C@@H]1O[Si](c1ccccc1)(c1ccccc1)C(C)(C)C)(c1ccccc1)c1ccccc1. The van der Waals surface area contributed by atoms with Gasteiger partial charge in [0.1, 0.15) is 6.10 Å². The highest BCUT2D eigenvalue weighted by atomic mass is 28.4. The second kappa shape index (κ2) is 14.2. The predicted octanol–water partition coefficient (Wildman–Crippen LogP) is 5.55. The third kappa shape index (κ3) is 6.64. The highest BCUT2D eigenvalue weighted by molar-refractivity contribution is 7.00. The average Bonchev–Trinajstić information content (AvgIpc) is 3.41.